The highest BCUT2D eigenvalue weighted by atomic mass is 35.5. The summed E-state index contributed by atoms with van der Waals surface area (Å²) in [5.74, 6) is -0.520. The Kier molecular flexibility index (Phi) is 21.5. The van der Waals surface area contributed by atoms with E-state index in [1.165, 1.54) is 6.08 Å². The number of carbonyl (C=O) groups excluding carboxylic acids is 1. The molecule has 0 aromatic heterocycles. The van der Waals surface area contributed by atoms with Crippen molar-refractivity contribution in [2.45, 2.75) is 80.4 Å². The second-order valence-corrected chi connectivity index (χ2v) is 10.1. The van der Waals surface area contributed by atoms with Crippen LogP contribution in [0.4, 0.5) is 10.1 Å². The van der Waals surface area contributed by atoms with Gasteiger partial charge >= 0.3 is 0 Å². The van der Waals surface area contributed by atoms with Crippen LogP contribution in [0.2, 0.25) is 0 Å². The molecular weight excluding hydrogens is 565 g/mol. The molecule has 0 atom stereocenters. The number of unbranched alkanes of at least 4 members (excludes halogenated alkanes) is 2. The van der Waals surface area contributed by atoms with E-state index in [-0.39, 0.29) is 5.91 Å². The molecule has 1 aromatic carbocycles. The first-order valence-electron chi connectivity index (χ1n) is 14.9. The second-order valence-electron chi connectivity index (χ2n) is 9.50. The largest absolute Gasteiger partial charge is 0.382 e. The lowest BCUT2D eigenvalue weighted by Crippen LogP contribution is -2.36. The Morgan fingerprint density at radius 3 is 2.47 bits per heavy atom. The molecule has 6 nitrogen and oxygen atoms in total. The van der Waals surface area contributed by atoms with Crippen molar-refractivity contribution in [1.82, 2.24) is 10.2 Å². The standard InChI is InChI=1S/C33H45ClFN3O3.C2H6/c1-7-14-30(25(5)34)36-21-22-38(9-3)33(41)28-18-20-31(37-26(6)24(4)17-19-29(35)8-2)27(23-28)15-12-10-11-13-16-32(39)40;1-2/h7-8,12,14-15,17-20,23,32,36,39-40H,2,9-11,13,16,21-22H2,1,3-6H3;1-2H3/b14-7-,15-12+,24-17+,29-19+,30-25-,37-26?;. The lowest BCUT2D eigenvalue weighted by Gasteiger charge is -2.22. The first kappa shape index (κ1) is 39.7. The minimum absolute atomic E-state index is 0.0894. The Morgan fingerprint density at radius 1 is 1.19 bits per heavy atom. The lowest BCUT2D eigenvalue weighted by molar-refractivity contribution is -0.0464. The maximum absolute atomic E-state index is 13.5. The number of hydrogen-bond acceptors (Lipinski definition) is 5. The zero-order valence-corrected chi connectivity index (χ0v) is 27.7. The van der Waals surface area contributed by atoms with E-state index in [9.17, 15) is 9.18 Å². The molecule has 0 aliphatic rings. The molecule has 3 N–H and O–H groups in total. The van der Waals surface area contributed by atoms with Crippen LogP contribution in [-0.2, 0) is 0 Å². The van der Waals surface area contributed by atoms with Gasteiger partial charge in [0.1, 0.15) is 5.83 Å². The third kappa shape index (κ3) is 16.2. The number of aliphatic imine (C=N–C) groups is 1. The summed E-state index contributed by atoms with van der Waals surface area (Å²) in [6, 6.07) is 5.43. The number of aliphatic hydroxyl groups excluding tert-OH is 1. The van der Waals surface area contributed by atoms with Gasteiger partial charge in [-0.25, -0.2) is 4.39 Å². The Labute approximate surface area is 263 Å². The number of hydrogen-bond donors (Lipinski definition) is 3. The van der Waals surface area contributed by atoms with Crippen LogP contribution in [-0.4, -0.2) is 52.7 Å². The number of nitrogens with zero attached hydrogens (tertiary/aromatic N) is 2. The van der Waals surface area contributed by atoms with Gasteiger partial charge in [0.05, 0.1) is 5.69 Å². The van der Waals surface area contributed by atoms with Gasteiger partial charge in [0.25, 0.3) is 5.91 Å². The number of allylic oxidation sites excluding steroid dienone is 9. The summed E-state index contributed by atoms with van der Waals surface area (Å²) in [5, 5.41) is 22.0. The molecule has 43 heavy (non-hydrogen) atoms. The highest BCUT2D eigenvalue weighted by Crippen LogP contribution is 2.25. The third-order valence-corrected chi connectivity index (χ3v) is 6.48. The molecule has 0 bridgehead atoms. The predicted molar refractivity (Wildman–Crippen MR) is 182 cm³/mol. The zero-order valence-electron chi connectivity index (χ0n) is 27.0. The average Bonchev–Trinajstić information content (AvgIpc) is 2.99. The molecule has 0 radical (unpaired) electrons. The van der Waals surface area contributed by atoms with E-state index in [1.54, 1.807) is 17.0 Å². The van der Waals surface area contributed by atoms with E-state index in [1.807, 2.05) is 84.9 Å². The summed E-state index contributed by atoms with van der Waals surface area (Å²) in [6.45, 7) is 18.4. The Morgan fingerprint density at radius 2 is 1.88 bits per heavy atom. The van der Waals surface area contributed by atoms with E-state index >= 15 is 0 Å². The Hall–Kier alpha value is -3.26. The van der Waals surface area contributed by atoms with Gasteiger partial charge in [-0.05, 0) is 102 Å². The maximum atomic E-state index is 13.5. The van der Waals surface area contributed by atoms with Crippen LogP contribution in [0.1, 0.15) is 90.1 Å². The average molecular weight is 616 g/mol. The summed E-state index contributed by atoms with van der Waals surface area (Å²) in [5.41, 5.74) is 4.34. The van der Waals surface area contributed by atoms with Crippen LogP contribution < -0.4 is 5.32 Å². The normalized spacial score (nSPS) is 13.3. The van der Waals surface area contributed by atoms with Crippen LogP contribution in [0.3, 0.4) is 0 Å². The molecule has 238 valence electrons. The van der Waals surface area contributed by atoms with Crippen molar-refractivity contribution in [3.63, 3.8) is 0 Å². The van der Waals surface area contributed by atoms with Gasteiger partial charge in [0.2, 0.25) is 0 Å². The van der Waals surface area contributed by atoms with E-state index in [2.05, 4.69) is 11.9 Å². The molecule has 0 unspecified atom stereocenters. The van der Waals surface area contributed by atoms with Crippen LogP contribution in [0, 0.1) is 0 Å². The molecule has 0 fully saturated rings. The third-order valence-electron chi connectivity index (χ3n) is 6.27. The molecule has 8 heteroatoms. The fourth-order valence-corrected chi connectivity index (χ4v) is 3.89. The minimum atomic E-state index is -1.29. The smallest absolute Gasteiger partial charge is 0.253 e. The monoisotopic (exact) mass is 615 g/mol. The van der Waals surface area contributed by atoms with Crippen LogP contribution >= 0.6 is 11.6 Å². The summed E-state index contributed by atoms with van der Waals surface area (Å²) in [6.07, 6.45) is 13.1. The van der Waals surface area contributed by atoms with Gasteiger partial charge in [-0.3, -0.25) is 9.79 Å². The van der Waals surface area contributed by atoms with Crippen LogP contribution in [0.5, 0.6) is 0 Å². The molecular formula is C35H51ClFN3O3. The van der Waals surface area contributed by atoms with Crippen molar-refractivity contribution in [1.29, 1.82) is 0 Å². The first-order chi connectivity index (χ1) is 20.5. The number of rotatable bonds is 17. The van der Waals surface area contributed by atoms with Crippen molar-refractivity contribution >= 4 is 35.0 Å². The van der Waals surface area contributed by atoms with Crippen molar-refractivity contribution < 1.29 is 19.4 Å². The number of aliphatic hydroxyl groups is 2. The number of likely N-dealkylation sites (N-methyl/N-ethyl adjacent to an activating group) is 1. The summed E-state index contributed by atoms with van der Waals surface area (Å²) in [4.78, 5) is 20.0. The Balaban J connectivity index is 0.00000862. The number of nitrogens with one attached hydrogen (secondary N) is 1. The molecule has 0 aliphatic heterocycles. The van der Waals surface area contributed by atoms with Gasteiger partial charge in [-0.2, -0.15) is 0 Å². The van der Waals surface area contributed by atoms with Gasteiger partial charge in [-0.1, -0.05) is 56.3 Å². The first-order valence-corrected chi connectivity index (χ1v) is 15.3. The number of amides is 1. The van der Waals surface area contributed by atoms with Gasteiger partial charge < -0.3 is 20.4 Å². The van der Waals surface area contributed by atoms with Crippen molar-refractivity contribution in [3.8, 4) is 0 Å². The van der Waals surface area contributed by atoms with E-state index in [0.29, 0.717) is 54.5 Å². The number of benzene rings is 1. The highest BCUT2D eigenvalue weighted by Gasteiger charge is 2.16. The maximum Gasteiger partial charge on any atom is 0.253 e. The van der Waals surface area contributed by atoms with Gasteiger partial charge in [0.15, 0.2) is 6.29 Å². The summed E-state index contributed by atoms with van der Waals surface area (Å²) < 4.78 is 13.5. The second kappa shape index (κ2) is 23.2. The quantitative estimate of drug-likeness (QED) is 0.0707. The summed E-state index contributed by atoms with van der Waals surface area (Å²) in [7, 11) is 0. The molecule has 0 saturated heterocycles. The van der Waals surface area contributed by atoms with Crippen LogP contribution in [0.15, 0.2) is 88.4 Å². The van der Waals surface area contributed by atoms with Crippen LogP contribution in [0.25, 0.3) is 6.08 Å². The van der Waals surface area contributed by atoms with E-state index in [4.69, 9.17) is 26.8 Å². The topological polar surface area (TPSA) is 85.2 Å². The van der Waals surface area contributed by atoms with Gasteiger partial charge in [0, 0.05) is 47.2 Å². The van der Waals surface area contributed by atoms with Crippen molar-refractivity contribution in [3.05, 3.63) is 94.5 Å². The molecule has 0 saturated carbocycles. The summed E-state index contributed by atoms with van der Waals surface area (Å²) >= 11 is 6.16. The number of halogens is 2. The SMILES string of the molecule is C=C/C(F)=C\C=C(/C)C(C)=Nc1ccc(C(=O)N(CC)CCNC(/C=C\C)=C(/C)Cl)cc1/C=C/CCCCC(O)O.CC. The van der Waals surface area contributed by atoms with E-state index in [0.717, 1.165) is 35.8 Å². The number of carbonyl (C=O) groups is 1. The lowest BCUT2D eigenvalue weighted by atomic mass is 10.0. The molecule has 0 spiro atoms. The predicted octanol–water partition coefficient (Wildman–Crippen LogP) is 8.77. The molecule has 1 aromatic rings. The minimum Gasteiger partial charge on any atom is -0.382 e. The zero-order chi connectivity index (χ0) is 32.8. The Bertz CT molecular complexity index is 1190. The fraction of sp³-hybridized carbons (Fsp3) is 0.429. The molecule has 0 aliphatic carbocycles. The fourth-order valence-electron chi connectivity index (χ4n) is 3.76. The molecule has 0 heterocycles. The van der Waals surface area contributed by atoms with Crippen molar-refractivity contribution in [2.75, 3.05) is 19.6 Å². The highest BCUT2D eigenvalue weighted by molar-refractivity contribution is 6.29. The molecule has 1 rings (SSSR count). The van der Waals surface area contributed by atoms with Crippen molar-refractivity contribution in [2.24, 2.45) is 4.99 Å². The van der Waals surface area contributed by atoms with E-state index < -0.39 is 12.1 Å². The van der Waals surface area contributed by atoms with Gasteiger partial charge in [-0.15, -0.1) is 0 Å². The molecule has 1 amide bonds.